The van der Waals surface area contributed by atoms with Crippen LogP contribution in [0.3, 0.4) is 0 Å². The van der Waals surface area contributed by atoms with Crippen LogP contribution in [0.1, 0.15) is 52.3 Å². The van der Waals surface area contributed by atoms with Crippen molar-refractivity contribution in [2.45, 2.75) is 50.8 Å². The molecule has 1 aliphatic rings. The molecule has 3 atom stereocenters. The van der Waals surface area contributed by atoms with Gasteiger partial charge in [-0.15, -0.1) is 0 Å². The second-order valence-corrected chi connectivity index (χ2v) is 10.8. The summed E-state index contributed by atoms with van der Waals surface area (Å²) in [7, 11) is 1.29. The fraction of sp³-hybridized carbons (Fsp3) is 0.324. The Labute approximate surface area is 252 Å². The van der Waals surface area contributed by atoms with Crippen molar-refractivity contribution in [1.82, 2.24) is 20.6 Å². The normalized spacial score (nSPS) is 17.3. The van der Waals surface area contributed by atoms with Gasteiger partial charge in [0.1, 0.15) is 11.9 Å². The van der Waals surface area contributed by atoms with Gasteiger partial charge in [-0.05, 0) is 49.4 Å². The van der Waals surface area contributed by atoms with Gasteiger partial charge in [0.25, 0.3) is 0 Å². The molecule has 4 N–H and O–H groups in total. The number of hydrogen-bond donors (Lipinski definition) is 4. The summed E-state index contributed by atoms with van der Waals surface area (Å²) in [6, 6.07) is 26.3. The third-order valence-electron chi connectivity index (χ3n) is 7.97. The van der Waals surface area contributed by atoms with Gasteiger partial charge < -0.3 is 30.4 Å². The Morgan fingerprint density at radius 3 is 2.21 bits per heavy atom. The van der Waals surface area contributed by atoms with Gasteiger partial charge in [-0.3, -0.25) is 4.79 Å². The fourth-order valence-corrected chi connectivity index (χ4v) is 5.50. The van der Waals surface area contributed by atoms with Gasteiger partial charge >= 0.3 is 6.09 Å². The van der Waals surface area contributed by atoms with Gasteiger partial charge in [-0.1, -0.05) is 78.9 Å². The molecule has 1 saturated heterocycles. The smallest absolute Gasteiger partial charge is 0.407 e. The van der Waals surface area contributed by atoms with E-state index in [9.17, 15) is 9.59 Å². The maximum Gasteiger partial charge on any atom is 0.407 e. The summed E-state index contributed by atoms with van der Waals surface area (Å²) in [5.41, 5.74) is 5.57. The molecule has 1 fully saturated rings. The first-order chi connectivity index (χ1) is 20.9. The highest BCUT2D eigenvalue weighted by atomic mass is 16.5. The molecule has 9 heteroatoms. The summed E-state index contributed by atoms with van der Waals surface area (Å²) in [6.07, 6.45) is 0.850. The fourth-order valence-electron chi connectivity index (χ4n) is 5.50. The Balaban J connectivity index is 1.29. The van der Waals surface area contributed by atoms with Crippen molar-refractivity contribution in [2.24, 2.45) is 0 Å². The molecule has 3 aromatic carbocycles. The molecule has 2 amide bonds. The number of hydrogen-bond acceptors (Lipinski definition) is 6. The van der Waals surface area contributed by atoms with E-state index in [1.54, 1.807) is 0 Å². The molecule has 224 valence electrons. The number of aromatic nitrogens is 2. The number of methoxy groups -OCH3 is 1. The highest BCUT2D eigenvalue weighted by Crippen LogP contribution is 2.30. The second kappa shape index (κ2) is 14.1. The van der Waals surface area contributed by atoms with E-state index in [1.165, 1.54) is 7.11 Å². The first-order valence-electron chi connectivity index (χ1n) is 14.6. The molecular formula is C34H39N5O4. The molecule has 0 saturated carbocycles. The minimum atomic E-state index is -0.929. The van der Waals surface area contributed by atoms with Gasteiger partial charge in [0, 0.05) is 23.8 Å². The van der Waals surface area contributed by atoms with Crippen molar-refractivity contribution < 1.29 is 19.1 Å². The predicted molar refractivity (Wildman–Crippen MR) is 166 cm³/mol. The molecule has 1 unspecified atom stereocenters. The van der Waals surface area contributed by atoms with Crippen molar-refractivity contribution in [3.63, 3.8) is 0 Å². The third kappa shape index (κ3) is 7.49. The van der Waals surface area contributed by atoms with Crippen LogP contribution in [0.25, 0.3) is 0 Å². The topological polar surface area (TPSA) is 117 Å². The lowest BCUT2D eigenvalue weighted by atomic mass is 9.84. The number of nitrogens with zero attached hydrogens (tertiary/aromatic N) is 1. The van der Waals surface area contributed by atoms with Gasteiger partial charge in [-0.25, -0.2) is 9.78 Å². The standard InChI is InChI=1S/C34H39N5O4/c1-22-23(2)37-32(36-22)29-21-43-27(20-35-29)19-18-24-12-10-11-17-28(24)38-33(40)31(39-34(41)42-3)30(25-13-6-4-7-14-25)26-15-8-5-9-16-26/h4-17,27,29-31,35H,18-21H2,1-3H3,(H,36,37)(H,38,40)(H,39,41)/t27-,29+,31?/m1/s1. The molecular weight excluding hydrogens is 542 g/mol. The van der Waals surface area contributed by atoms with Crippen LogP contribution in [-0.2, 0) is 20.7 Å². The molecule has 0 spiro atoms. The van der Waals surface area contributed by atoms with Crippen molar-refractivity contribution in [2.75, 3.05) is 25.6 Å². The maximum atomic E-state index is 14.0. The molecule has 0 radical (unpaired) electrons. The number of aromatic amines is 1. The van der Waals surface area contributed by atoms with Crippen LogP contribution in [0.5, 0.6) is 0 Å². The summed E-state index contributed by atoms with van der Waals surface area (Å²) >= 11 is 0. The summed E-state index contributed by atoms with van der Waals surface area (Å²) in [4.78, 5) is 34.4. The molecule has 0 aliphatic carbocycles. The van der Waals surface area contributed by atoms with Crippen LogP contribution in [0, 0.1) is 13.8 Å². The number of anilines is 1. The number of morpholine rings is 1. The third-order valence-corrected chi connectivity index (χ3v) is 7.97. The van der Waals surface area contributed by atoms with Crippen molar-refractivity contribution in [3.05, 3.63) is 119 Å². The van der Waals surface area contributed by atoms with Crippen LogP contribution in [0.15, 0.2) is 84.9 Å². The lowest BCUT2D eigenvalue weighted by Crippen LogP contribution is -2.48. The lowest BCUT2D eigenvalue weighted by molar-refractivity contribution is -0.118. The minimum absolute atomic E-state index is 0.0337. The first kappa shape index (κ1) is 30.0. The number of amides is 2. The van der Waals surface area contributed by atoms with E-state index in [0.29, 0.717) is 25.3 Å². The Hall–Kier alpha value is -4.47. The zero-order valence-electron chi connectivity index (χ0n) is 24.8. The predicted octanol–water partition coefficient (Wildman–Crippen LogP) is 5.18. The number of rotatable bonds is 10. The Bertz CT molecular complexity index is 1440. The van der Waals surface area contributed by atoms with Gasteiger partial charge in [0.2, 0.25) is 5.91 Å². The molecule has 5 rings (SSSR count). The van der Waals surface area contributed by atoms with Crippen molar-refractivity contribution in [3.8, 4) is 0 Å². The van der Waals surface area contributed by atoms with E-state index in [-0.39, 0.29) is 18.1 Å². The van der Waals surface area contributed by atoms with Crippen LogP contribution in [-0.4, -0.2) is 54.4 Å². The van der Waals surface area contributed by atoms with Gasteiger partial charge in [0.15, 0.2) is 0 Å². The quantitative estimate of drug-likeness (QED) is 0.205. The maximum absolute atomic E-state index is 14.0. The van der Waals surface area contributed by atoms with Crippen LogP contribution >= 0.6 is 0 Å². The summed E-state index contributed by atoms with van der Waals surface area (Å²) in [5, 5.41) is 9.46. The molecule has 4 aromatic rings. The number of aryl methyl sites for hydroxylation is 3. The Morgan fingerprint density at radius 1 is 0.977 bits per heavy atom. The number of nitrogens with one attached hydrogen (secondary N) is 4. The summed E-state index contributed by atoms with van der Waals surface area (Å²) in [6.45, 7) is 5.26. The number of carbonyl (C=O) groups is 2. The van der Waals surface area contributed by atoms with E-state index in [4.69, 9.17) is 9.47 Å². The number of carbonyl (C=O) groups excluding carboxylic acids is 2. The molecule has 0 bridgehead atoms. The zero-order chi connectivity index (χ0) is 30.2. The Morgan fingerprint density at radius 2 is 1.63 bits per heavy atom. The monoisotopic (exact) mass is 581 g/mol. The number of imidazole rings is 1. The highest BCUT2D eigenvalue weighted by molar-refractivity contribution is 5.98. The summed E-state index contributed by atoms with van der Waals surface area (Å²) < 4.78 is 11.1. The number of benzene rings is 3. The molecule has 1 aromatic heterocycles. The van der Waals surface area contributed by atoms with Crippen molar-refractivity contribution >= 4 is 17.7 Å². The Kier molecular flexibility index (Phi) is 9.86. The number of H-pyrrole nitrogens is 1. The average Bonchev–Trinajstić information content (AvgIpc) is 3.38. The lowest BCUT2D eigenvalue weighted by Gasteiger charge is -2.30. The summed E-state index contributed by atoms with van der Waals surface area (Å²) in [5.74, 6) is 0.129. The molecule has 43 heavy (non-hydrogen) atoms. The van der Waals surface area contributed by atoms with E-state index in [0.717, 1.165) is 40.3 Å². The van der Waals surface area contributed by atoms with Crippen LogP contribution < -0.4 is 16.0 Å². The van der Waals surface area contributed by atoms with E-state index in [1.807, 2.05) is 98.8 Å². The zero-order valence-corrected chi connectivity index (χ0v) is 24.8. The highest BCUT2D eigenvalue weighted by Gasteiger charge is 2.33. The number of para-hydroxylation sites is 1. The van der Waals surface area contributed by atoms with Crippen molar-refractivity contribution in [1.29, 1.82) is 0 Å². The molecule has 9 nitrogen and oxygen atoms in total. The molecule has 1 aliphatic heterocycles. The number of ether oxygens (including phenoxy) is 2. The SMILES string of the molecule is COC(=O)NC(C(=O)Nc1ccccc1CC[C@@H]1CN[C@H](c2nc(C)c(C)[nH]2)CO1)C(c1ccccc1)c1ccccc1. The number of alkyl carbamates (subject to hydrolysis) is 1. The van der Waals surface area contributed by atoms with E-state index < -0.39 is 18.1 Å². The van der Waals surface area contributed by atoms with E-state index >= 15 is 0 Å². The minimum Gasteiger partial charge on any atom is -0.453 e. The van der Waals surface area contributed by atoms with E-state index in [2.05, 4.69) is 25.9 Å². The molecule has 2 heterocycles. The second-order valence-electron chi connectivity index (χ2n) is 10.8. The van der Waals surface area contributed by atoms with Crippen LogP contribution in [0.2, 0.25) is 0 Å². The largest absolute Gasteiger partial charge is 0.453 e. The van der Waals surface area contributed by atoms with Gasteiger partial charge in [-0.2, -0.15) is 0 Å². The average molecular weight is 582 g/mol. The van der Waals surface area contributed by atoms with Crippen LogP contribution in [0.4, 0.5) is 10.5 Å². The van der Waals surface area contributed by atoms with Gasteiger partial charge in [0.05, 0.1) is 31.6 Å². The first-order valence-corrected chi connectivity index (χ1v) is 14.6.